The van der Waals surface area contributed by atoms with E-state index in [9.17, 15) is 4.39 Å². The van der Waals surface area contributed by atoms with Crippen molar-refractivity contribution in [2.24, 2.45) is 0 Å². The minimum absolute atomic E-state index is 0.302. The highest BCUT2D eigenvalue weighted by Crippen LogP contribution is 2.28. The molecule has 0 aliphatic rings. The van der Waals surface area contributed by atoms with Crippen LogP contribution in [-0.2, 0) is 0 Å². The number of benzene rings is 1. The van der Waals surface area contributed by atoms with Crippen LogP contribution in [0.25, 0.3) is 0 Å². The van der Waals surface area contributed by atoms with Gasteiger partial charge in [-0.3, -0.25) is 0 Å². The van der Waals surface area contributed by atoms with Crippen LogP contribution in [0.15, 0.2) is 12.1 Å². The first-order valence-corrected chi connectivity index (χ1v) is 4.88. The second kappa shape index (κ2) is 4.28. The molecule has 4 heteroatoms. The van der Waals surface area contributed by atoms with Gasteiger partial charge >= 0.3 is 0 Å². The molecule has 1 aromatic carbocycles. The fraction of sp³-hybridized carbons (Fsp3) is 0.250. The second-order valence-electron chi connectivity index (χ2n) is 2.13. The zero-order valence-electron chi connectivity index (χ0n) is 6.40. The third-order valence-corrected chi connectivity index (χ3v) is 2.40. The van der Waals surface area contributed by atoms with Crippen molar-refractivity contribution in [3.63, 3.8) is 0 Å². The monoisotopic (exact) mass is 300 g/mol. The van der Waals surface area contributed by atoms with Crippen molar-refractivity contribution in [2.45, 2.75) is 6.92 Å². The van der Waals surface area contributed by atoms with Gasteiger partial charge in [0.25, 0.3) is 0 Å². The van der Waals surface area contributed by atoms with E-state index in [1.165, 1.54) is 6.07 Å². The molecule has 0 radical (unpaired) electrons. The highest BCUT2D eigenvalue weighted by atomic mass is 127. The Balaban J connectivity index is 3.05. The Morgan fingerprint density at radius 2 is 2.25 bits per heavy atom. The van der Waals surface area contributed by atoms with E-state index < -0.39 is 0 Å². The molecule has 1 rings (SSSR count). The molecular weight excluding hydrogens is 293 g/mol. The Hall–Kier alpha value is -0.0300. The van der Waals surface area contributed by atoms with E-state index in [4.69, 9.17) is 16.3 Å². The van der Waals surface area contributed by atoms with Crippen LogP contribution in [0.2, 0.25) is 5.02 Å². The van der Waals surface area contributed by atoms with Gasteiger partial charge in [0, 0.05) is 6.07 Å². The Morgan fingerprint density at radius 3 is 2.83 bits per heavy atom. The van der Waals surface area contributed by atoms with Crippen molar-refractivity contribution in [2.75, 3.05) is 6.61 Å². The summed E-state index contributed by atoms with van der Waals surface area (Å²) < 4.78 is 18.5. The van der Waals surface area contributed by atoms with Crippen LogP contribution >= 0.6 is 34.2 Å². The van der Waals surface area contributed by atoms with Gasteiger partial charge in [-0.25, -0.2) is 4.39 Å². The molecule has 0 heterocycles. The maximum Gasteiger partial charge on any atom is 0.140 e. The quantitative estimate of drug-likeness (QED) is 0.600. The molecule has 0 aliphatic carbocycles. The van der Waals surface area contributed by atoms with E-state index in [0.717, 1.165) is 0 Å². The van der Waals surface area contributed by atoms with Crippen molar-refractivity contribution in [1.82, 2.24) is 0 Å². The third kappa shape index (κ3) is 2.23. The molecule has 0 aromatic heterocycles. The van der Waals surface area contributed by atoms with Crippen molar-refractivity contribution in [1.29, 1.82) is 0 Å². The highest BCUT2D eigenvalue weighted by Gasteiger charge is 2.06. The van der Waals surface area contributed by atoms with Gasteiger partial charge < -0.3 is 4.74 Å². The van der Waals surface area contributed by atoms with E-state index in [1.807, 2.05) is 29.5 Å². The fourth-order valence-electron chi connectivity index (χ4n) is 0.770. The molecule has 1 aromatic rings. The van der Waals surface area contributed by atoms with E-state index in [2.05, 4.69) is 0 Å². The van der Waals surface area contributed by atoms with Crippen molar-refractivity contribution in [3.8, 4) is 5.75 Å². The van der Waals surface area contributed by atoms with Crippen molar-refractivity contribution < 1.29 is 9.13 Å². The van der Waals surface area contributed by atoms with Gasteiger partial charge in [-0.15, -0.1) is 0 Å². The van der Waals surface area contributed by atoms with Gasteiger partial charge in [-0.1, -0.05) is 11.6 Å². The summed E-state index contributed by atoms with van der Waals surface area (Å²) in [4.78, 5) is 0. The zero-order valence-corrected chi connectivity index (χ0v) is 9.32. The maximum atomic E-state index is 12.9. The lowest BCUT2D eigenvalue weighted by Crippen LogP contribution is -1.94. The maximum absolute atomic E-state index is 12.9. The Morgan fingerprint density at radius 1 is 1.58 bits per heavy atom. The summed E-state index contributed by atoms with van der Waals surface area (Å²) in [6.07, 6.45) is 0. The highest BCUT2D eigenvalue weighted by molar-refractivity contribution is 14.1. The van der Waals surface area contributed by atoms with Crippen LogP contribution in [0, 0.1) is 9.39 Å². The van der Waals surface area contributed by atoms with Crippen molar-refractivity contribution in [3.05, 3.63) is 26.5 Å². The molecule has 0 unspecified atom stereocenters. The van der Waals surface area contributed by atoms with Crippen LogP contribution in [0.1, 0.15) is 6.92 Å². The summed E-state index contributed by atoms with van der Waals surface area (Å²) in [6.45, 7) is 2.31. The predicted octanol–water partition coefficient (Wildman–Crippen LogP) is 3.48. The number of hydrogen-bond donors (Lipinski definition) is 0. The summed E-state index contributed by atoms with van der Waals surface area (Å²) in [5, 5.41) is 0.447. The molecular formula is C8H7ClFIO. The minimum atomic E-state index is -0.302. The van der Waals surface area contributed by atoms with Gasteiger partial charge in [0.15, 0.2) is 0 Å². The molecule has 0 aliphatic heterocycles. The standard InChI is InChI=1S/C8H7ClFIO/c1-2-12-8-4-6(10)7(11)3-5(8)9/h3-4H,2H2,1H3. The molecule has 12 heavy (non-hydrogen) atoms. The second-order valence-corrected chi connectivity index (χ2v) is 3.70. The largest absolute Gasteiger partial charge is 0.492 e. The minimum Gasteiger partial charge on any atom is -0.492 e. The molecule has 0 atom stereocenters. The van der Waals surface area contributed by atoms with Gasteiger partial charge in [-0.05, 0) is 35.6 Å². The summed E-state index contributed by atoms with van der Waals surface area (Å²) in [6, 6.07) is 2.84. The van der Waals surface area contributed by atoms with Crippen molar-refractivity contribution >= 4 is 34.2 Å². The van der Waals surface area contributed by atoms with Gasteiger partial charge in [0.05, 0.1) is 15.2 Å². The average Bonchev–Trinajstić information content (AvgIpc) is 2.01. The van der Waals surface area contributed by atoms with Crippen LogP contribution in [0.5, 0.6) is 5.75 Å². The molecule has 1 nitrogen and oxygen atoms in total. The molecule has 66 valence electrons. The van der Waals surface area contributed by atoms with Gasteiger partial charge in [-0.2, -0.15) is 0 Å². The number of hydrogen-bond acceptors (Lipinski definition) is 1. The molecule has 0 fully saturated rings. The van der Waals surface area contributed by atoms with Crippen LogP contribution in [0.4, 0.5) is 4.39 Å². The molecule has 0 spiro atoms. The normalized spacial score (nSPS) is 10.0. The van der Waals surface area contributed by atoms with E-state index in [0.29, 0.717) is 20.9 Å². The predicted molar refractivity (Wildman–Crippen MR) is 55.3 cm³/mol. The lowest BCUT2D eigenvalue weighted by Gasteiger charge is -2.05. The Labute approximate surface area is 89.0 Å². The lowest BCUT2D eigenvalue weighted by atomic mass is 10.3. The SMILES string of the molecule is CCOc1cc(F)c(I)cc1Cl. The Bertz CT molecular complexity index is 291. The van der Waals surface area contributed by atoms with Gasteiger partial charge in [0.2, 0.25) is 0 Å². The van der Waals surface area contributed by atoms with E-state index >= 15 is 0 Å². The number of rotatable bonds is 2. The molecule has 0 saturated heterocycles. The summed E-state index contributed by atoms with van der Waals surface area (Å²) in [5.41, 5.74) is 0. The Kier molecular flexibility index (Phi) is 3.58. The first kappa shape index (κ1) is 10.1. The average molecular weight is 300 g/mol. The molecule has 0 amide bonds. The third-order valence-electron chi connectivity index (χ3n) is 1.27. The lowest BCUT2D eigenvalue weighted by molar-refractivity contribution is 0.338. The van der Waals surface area contributed by atoms with E-state index in [-0.39, 0.29) is 5.82 Å². The zero-order chi connectivity index (χ0) is 9.14. The van der Waals surface area contributed by atoms with Gasteiger partial charge in [0.1, 0.15) is 11.6 Å². The summed E-state index contributed by atoms with van der Waals surface area (Å²) in [7, 11) is 0. The van der Waals surface area contributed by atoms with Crippen LogP contribution < -0.4 is 4.74 Å². The summed E-state index contributed by atoms with van der Waals surface area (Å²) >= 11 is 7.66. The fourth-order valence-corrected chi connectivity index (χ4v) is 1.64. The number of halogens is 3. The first-order chi connectivity index (χ1) is 5.65. The van der Waals surface area contributed by atoms with E-state index in [1.54, 1.807) is 6.07 Å². The number of ether oxygens (including phenoxy) is 1. The molecule has 0 saturated carbocycles. The first-order valence-electron chi connectivity index (χ1n) is 3.42. The van der Waals surface area contributed by atoms with Crippen LogP contribution in [-0.4, -0.2) is 6.61 Å². The van der Waals surface area contributed by atoms with Crippen LogP contribution in [0.3, 0.4) is 0 Å². The topological polar surface area (TPSA) is 9.23 Å². The smallest absolute Gasteiger partial charge is 0.140 e. The molecule has 0 bridgehead atoms. The summed E-state index contributed by atoms with van der Waals surface area (Å²) in [5.74, 6) is 0.0977. The molecule has 0 N–H and O–H groups in total.